The molecule has 1 fully saturated rings. The van der Waals surface area contributed by atoms with E-state index in [1.165, 1.54) is 0 Å². The molecule has 0 unspecified atom stereocenters. The van der Waals surface area contributed by atoms with Gasteiger partial charge in [-0.25, -0.2) is 0 Å². The Hall–Kier alpha value is -1.86. The maximum atomic E-state index is 13.0. The molecule has 0 spiro atoms. The SMILES string of the molecule is O=C(N[C@H]1CC[C@H]1c1ccc(Cl)cc1Cl)c1ccnnc1C(F)(F)F. The predicted octanol–water partition coefficient (Wildman–Crippen LogP) is 4.48. The van der Waals surface area contributed by atoms with E-state index in [2.05, 4.69) is 15.5 Å². The number of hydrogen-bond donors (Lipinski definition) is 1. The number of aromatic nitrogens is 2. The van der Waals surface area contributed by atoms with Gasteiger partial charge in [0.05, 0.1) is 11.8 Å². The van der Waals surface area contributed by atoms with Crippen molar-refractivity contribution in [1.82, 2.24) is 15.5 Å². The van der Waals surface area contributed by atoms with Crippen LogP contribution in [-0.2, 0) is 6.18 Å². The summed E-state index contributed by atoms with van der Waals surface area (Å²) in [6.45, 7) is 0. The van der Waals surface area contributed by atoms with Crippen molar-refractivity contribution in [3.8, 4) is 0 Å². The monoisotopic (exact) mass is 389 g/mol. The van der Waals surface area contributed by atoms with Crippen molar-refractivity contribution in [3.05, 3.63) is 57.3 Å². The predicted molar refractivity (Wildman–Crippen MR) is 86.7 cm³/mol. The summed E-state index contributed by atoms with van der Waals surface area (Å²) >= 11 is 12.0. The van der Waals surface area contributed by atoms with Crippen LogP contribution in [-0.4, -0.2) is 22.1 Å². The maximum absolute atomic E-state index is 13.0. The number of hydrogen-bond acceptors (Lipinski definition) is 3. The molecule has 1 aromatic heterocycles. The van der Waals surface area contributed by atoms with Crippen LogP contribution in [0.2, 0.25) is 10.0 Å². The van der Waals surface area contributed by atoms with Crippen LogP contribution >= 0.6 is 23.2 Å². The third kappa shape index (κ3) is 3.72. The Balaban J connectivity index is 1.78. The molecule has 1 amide bonds. The Labute approximate surface area is 151 Å². The molecule has 3 rings (SSSR count). The number of benzene rings is 1. The highest BCUT2D eigenvalue weighted by atomic mass is 35.5. The van der Waals surface area contributed by atoms with Crippen molar-refractivity contribution >= 4 is 29.1 Å². The summed E-state index contributed by atoms with van der Waals surface area (Å²) in [5.41, 5.74) is -1.03. The Morgan fingerprint density at radius 2 is 1.96 bits per heavy atom. The molecule has 0 aliphatic heterocycles. The first-order valence-corrected chi connectivity index (χ1v) is 8.17. The number of halogens is 5. The van der Waals surface area contributed by atoms with Crippen molar-refractivity contribution < 1.29 is 18.0 Å². The fourth-order valence-electron chi connectivity index (χ4n) is 2.82. The van der Waals surface area contributed by atoms with E-state index in [-0.39, 0.29) is 12.0 Å². The third-order valence-corrected chi connectivity index (χ3v) is 4.75. The van der Waals surface area contributed by atoms with Gasteiger partial charge < -0.3 is 5.32 Å². The van der Waals surface area contributed by atoms with Crippen LogP contribution in [0.5, 0.6) is 0 Å². The smallest absolute Gasteiger partial charge is 0.349 e. The molecule has 2 atom stereocenters. The zero-order valence-corrected chi connectivity index (χ0v) is 14.2. The second-order valence-corrected chi connectivity index (χ2v) is 6.56. The number of amides is 1. The Morgan fingerprint density at radius 1 is 1.20 bits per heavy atom. The number of nitrogens with one attached hydrogen (secondary N) is 1. The lowest BCUT2D eigenvalue weighted by molar-refractivity contribution is -0.142. The topological polar surface area (TPSA) is 54.9 Å². The largest absolute Gasteiger partial charge is 0.435 e. The van der Waals surface area contributed by atoms with Crippen LogP contribution in [0.1, 0.15) is 40.4 Å². The molecule has 132 valence electrons. The Kier molecular flexibility index (Phi) is 4.88. The molecule has 25 heavy (non-hydrogen) atoms. The summed E-state index contributed by atoms with van der Waals surface area (Å²) in [7, 11) is 0. The highest BCUT2D eigenvalue weighted by Gasteiger charge is 2.40. The molecule has 0 radical (unpaired) electrons. The molecule has 1 heterocycles. The van der Waals surface area contributed by atoms with E-state index in [1.54, 1.807) is 18.2 Å². The van der Waals surface area contributed by atoms with Gasteiger partial charge in [0.15, 0.2) is 5.69 Å². The zero-order valence-electron chi connectivity index (χ0n) is 12.6. The number of rotatable bonds is 3. The molecule has 0 bridgehead atoms. The molecule has 9 heteroatoms. The first-order valence-electron chi connectivity index (χ1n) is 7.42. The fourth-order valence-corrected chi connectivity index (χ4v) is 3.37. The minimum absolute atomic E-state index is 0.0714. The Bertz CT molecular complexity index is 813. The quantitative estimate of drug-likeness (QED) is 0.841. The summed E-state index contributed by atoms with van der Waals surface area (Å²) in [5.74, 6) is -0.903. The average molecular weight is 390 g/mol. The van der Waals surface area contributed by atoms with Crippen LogP contribution in [0.15, 0.2) is 30.5 Å². The van der Waals surface area contributed by atoms with Gasteiger partial charge >= 0.3 is 6.18 Å². The number of carbonyl (C=O) groups is 1. The van der Waals surface area contributed by atoms with Gasteiger partial charge in [0.1, 0.15) is 0 Å². The fraction of sp³-hybridized carbons (Fsp3) is 0.312. The second-order valence-electron chi connectivity index (χ2n) is 5.72. The van der Waals surface area contributed by atoms with Crippen LogP contribution in [0.4, 0.5) is 13.2 Å². The van der Waals surface area contributed by atoms with Gasteiger partial charge in [0, 0.05) is 22.0 Å². The highest BCUT2D eigenvalue weighted by molar-refractivity contribution is 6.35. The standard InChI is InChI=1S/C16H12Cl2F3N3O/c17-8-1-2-9(12(18)7-8)10-3-4-13(10)23-15(25)11-5-6-22-24-14(11)16(19,20)21/h1-2,5-7,10,13H,3-4H2,(H,23,25)/t10-,13-/m0/s1. The molecule has 1 N–H and O–H groups in total. The van der Waals surface area contributed by atoms with Crippen molar-refractivity contribution in [2.45, 2.75) is 31.0 Å². The van der Waals surface area contributed by atoms with E-state index in [0.29, 0.717) is 16.5 Å². The van der Waals surface area contributed by atoms with Crippen molar-refractivity contribution in [2.75, 3.05) is 0 Å². The molecular weight excluding hydrogens is 378 g/mol. The van der Waals surface area contributed by atoms with Crippen molar-refractivity contribution in [3.63, 3.8) is 0 Å². The lowest BCUT2D eigenvalue weighted by Crippen LogP contribution is -2.46. The minimum Gasteiger partial charge on any atom is -0.349 e. The van der Waals surface area contributed by atoms with Gasteiger partial charge in [-0.2, -0.15) is 18.3 Å². The van der Waals surface area contributed by atoms with E-state index in [1.807, 2.05) is 0 Å². The highest BCUT2D eigenvalue weighted by Crippen LogP contribution is 2.41. The normalized spacial score (nSPS) is 20.0. The number of nitrogens with zero attached hydrogens (tertiary/aromatic N) is 2. The van der Waals surface area contributed by atoms with E-state index in [0.717, 1.165) is 24.2 Å². The van der Waals surface area contributed by atoms with Crippen LogP contribution in [0, 0.1) is 0 Å². The number of alkyl halides is 3. The van der Waals surface area contributed by atoms with Gasteiger partial charge in [-0.05, 0) is 36.6 Å². The summed E-state index contributed by atoms with van der Waals surface area (Å²) < 4.78 is 38.9. The minimum atomic E-state index is -4.75. The number of carbonyl (C=O) groups excluding carboxylic acids is 1. The van der Waals surface area contributed by atoms with Gasteiger partial charge in [-0.3, -0.25) is 4.79 Å². The van der Waals surface area contributed by atoms with Crippen molar-refractivity contribution in [1.29, 1.82) is 0 Å². The van der Waals surface area contributed by atoms with Crippen molar-refractivity contribution in [2.24, 2.45) is 0 Å². The van der Waals surface area contributed by atoms with Gasteiger partial charge in [0.25, 0.3) is 5.91 Å². The molecule has 1 saturated carbocycles. The second kappa shape index (κ2) is 6.80. The molecule has 4 nitrogen and oxygen atoms in total. The van der Waals surface area contributed by atoms with E-state index in [9.17, 15) is 18.0 Å². The molecule has 1 aliphatic rings. The first-order chi connectivity index (χ1) is 11.8. The maximum Gasteiger partial charge on any atom is 0.435 e. The van der Waals surface area contributed by atoms with E-state index >= 15 is 0 Å². The van der Waals surface area contributed by atoms with Crippen LogP contribution < -0.4 is 5.32 Å². The summed E-state index contributed by atoms with van der Waals surface area (Å²) in [6, 6.07) is 5.76. The van der Waals surface area contributed by atoms with Gasteiger partial charge in [-0.1, -0.05) is 29.3 Å². The van der Waals surface area contributed by atoms with Crippen LogP contribution in [0.25, 0.3) is 0 Å². The third-order valence-electron chi connectivity index (χ3n) is 4.19. The lowest BCUT2D eigenvalue weighted by atomic mass is 9.75. The van der Waals surface area contributed by atoms with Crippen LogP contribution in [0.3, 0.4) is 0 Å². The summed E-state index contributed by atoms with van der Waals surface area (Å²) in [4.78, 5) is 12.3. The summed E-state index contributed by atoms with van der Waals surface area (Å²) in [6.07, 6.45) is -2.28. The zero-order chi connectivity index (χ0) is 18.2. The van der Waals surface area contributed by atoms with Gasteiger partial charge in [0.2, 0.25) is 0 Å². The van der Waals surface area contributed by atoms with Gasteiger partial charge in [-0.15, -0.1) is 5.10 Å². The van der Waals surface area contributed by atoms with E-state index < -0.39 is 23.3 Å². The molecular formula is C16H12Cl2F3N3O. The molecule has 2 aromatic rings. The Morgan fingerprint density at radius 3 is 2.56 bits per heavy atom. The molecule has 0 saturated heterocycles. The first kappa shape index (κ1) is 17.9. The van der Waals surface area contributed by atoms with E-state index in [4.69, 9.17) is 23.2 Å². The molecule has 1 aliphatic carbocycles. The molecule has 1 aromatic carbocycles. The average Bonchev–Trinajstić information content (AvgIpc) is 2.53. The summed E-state index contributed by atoms with van der Waals surface area (Å²) in [5, 5.41) is 9.86. The lowest BCUT2D eigenvalue weighted by Gasteiger charge is -2.38.